The molecule has 3 aromatic rings. The number of hydrogen-bond acceptors (Lipinski definition) is 6. The van der Waals surface area contributed by atoms with E-state index in [1.807, 2.05) is 28.8 Å². The first kappa shape index (κ1) is 22.9. The lowest BCUT2D eigenvalue weighted by atomic mass is 10.1. The highest BCUT2D eigenvalue weighted by atomic mass is 127. The third-order valence-corrected chi connectivity index (χ3v) is 4.95. The third-order valence-electron chi connectivity index (χ3n) is 4.95. The maximum atomic E-state index is 10.8. The predicted octanol–water partition coefficient (Wildman–Crippen LogP) is 2.53. The molecule has 1 fully saturated rings. The summed E-state index contributed by atoms with van der Waals surface area (Å²) in [5.41, 5.74) is 1.74. The number of pyridine rings is 1. The molecule has 3 heterocycles. The lowest BCUT2D eigenvalue weighted by Gasteiger charge is -2.14. The molecular weight excluding hydrogens is 513 g/mol. The molecule has 1 atom stereocenters. The van der Waals surface area contributed by atoms with Gasteiger partial charge in [-0.2, -0.15) is 0 Å². The van der Waals surface area contributed by atoms with Crippen LogP contribution in [0.3, 0.4) is 0 Å². The van der Waals surface area contributed by atoms with Crippen LogP contribution in [0.2, 0.25) is 0 Å². The number of nitro benzene ring substituents is 1. The van der Waals surface area contributed by atoms with Gasteiger partial charge in [-0.15, -0.1) is 34.2 Å². The highest BCUT2D eigenvalue weighted by Gasteiger charge is 2.16. The summed E-state index contributed by atoms with van der Waals surface area (Å²) >= 11 is 0. The molecule has 0 spiro atoms. The number of nitro groups is 1. The second kappa shape index (κ2) is 11.0. The van der Waals surface area contributed by atoms with Crippen molar-refractivity contribution in [3.8, 4) is 0 Å². The number of guanidine groups is 1. The molecule has 10 nitrogen and oxygen atoms in total. The van der Waals surface area contributed by atoms with Gasteiger partial charge in [-0.05, 0) is 24.1 Å². The molecule has 31 heavy (non-hydrogen) atoms. The molecule has 11 heteroatoms. The fourth-order valence-electron chi connectivity index (χ4n) is 3.23. The average molecular weight is 537 g/mol. The Morgan fingerprint density at radius 1 is 1.23 bits per heavy atom. The van der Waals surface area contributed by atoms with Crippen molar-refractivity contribution in [3.05, 3.63) is 70.2 Å². The molecule has 0 radical (unpaired) electrons. The number of hydrogen-bond donors (Lipinski definition) is 2. The number of halogens is 1. The van der Waals surface area contributed by atoms with Gasteiger partial charge in [0, 0.05) is 37.4 Å². The van der Waals surface area contributed by atoms with Crippen LogP contribution < -0.4 is 10.6 Å². The molecule has 1 aliphatic rings. The van der Waals surface area contributed by atoms with E-state index >= 15 is 0 Å². The molecular formula is C20H24IN7O3. The highest BCUT2D eigenvalue weighted by molar-refractivity contribution is 14.0. The Morgan fingerprint density at radius 2 is 2.06 bits per heavy atom. The summed E-state index contributed by atoms with van der Waals surface area (Å²) in [7, 11) is 0. The maximum Gasteiger partial charge on any atom is 0.269 e. The Hall–Kier alpha value is -2.80. The van der Waals surface area contributed by atoms with Crippen molar-refractivity contribution in [2.75, 3.05) is 19.8 Å². The summed E-state index contributed by atoms with van der Waals surface area (Å²) in [4.78, 5) is 15.0. The van der Waals surface area contributed by atoms with E-state index in [-0.39, 0.29) is 29.7 Å². The van der Waals surface area contributed by atoms with Crippen molar-refractivity contribution in [3.63, 3.8) is 0 Å². The number of benzene rings is 1. The SMILES string of the molecule is I.O=[N+]([O-])c1ccc(CN=C(NCc2nnc3ccccn23)NCC2CCOC2)cc1. The summed E-state index contributed by atoms with van der Waals surface area (Å²) in [5.74, 6) is 1.87. The minimum absolute atomic E-state index is 0. The summed E-state index contributed by atoms with van der Waals surface area (Å²) in [6, 6.07) is 12.2. The Morgan fingerprint density at radius 3 is 2.81 bits per heavy atom. The number of aliphatic imine (C=N–C) groups is 1. The topological polar surface area (TPSA) is 119 Å². The Balaban J connectivity index is 0.00000272. The van der Waals surface area contributed by atoms with Gasteiger partial charge >= 0.3 is 0 Å². The summed E-state index contributed by atoms with van der Waals surface area (Å²) in [6.45, 7) is 3.15. The van der Waals surface area contributed by atoms with Gasteiger partial charge < -0.3 is 15.4 Å². The lowest BCUT2D eigenvalue weighted by Crippen LogP contribution is -2.40. The largest absolute Gasteiger partial charge is 0.381 e. The lowest BCUT2D eigenvalue weighted by molar-refractivity contribution is -0.384. The normalized spacial score (nSPS) is 16.1. The zero-order valence-corrected chi connectivity index (χ0v) is 19.1. The van der Waals surface area contributed by atoms with Crippen LogP contribution in [0.1, 0.15) is 17.8 Å². The van der Waals surface area contributed by atoms with E-state index in [1.165, 1.54) is 12.1 Å². The van der Waals surface area contributed by atoms with Crippen LogP contribution in [0, 0.1) is 16.0 Å². The number of rotatable bonds is 7. The fraction of sp³-hybridized carbons (Fsp3) is 0.350. The van der Waals surface area contributed by atoms with E-state index in [0.717, 1.165) is 43.2 Å². The van der Waals surface area contributed by atoms with Gasteiger partial charge in [0.1, 0.15) is 0 Å². The van der Waals surface area contributed by atoms with Gasteiger partial charge in [-0.25, -0.2) is 4.99 Å². The van der Waals surface area contributed by atoms with Crippen LogP contribution in [-0.4, -0.2) is 45.2 Å². The number of ether oxygens (including phenoxy) is 1. The Bertz CT molecular complexity index is 1030. The molecule has 1 aliphatic heterocycles. The van der Waals surface area contributed by atoms with Crippen molar-refractivity contribution in [1.29, 1.82) is 0 Å². The predicted molar refractivity (Wildman–Crippen MR) is 126 cm³/mol. The van der Waals surface area contributed by atoms with Crippen LogP contribution in [0.5, 0.6) is 0 Å². The van der Waals surface area contributed by atoms with Crippen LogP contribution in [0.4, 0.5) is 5.69 Å². The first-order valence-corrected chi connectivity index (χ1v) is 9.81. The van der Waals surface area contributed by atoms with E-state index in [1.54, 1.807) is 12.1 Å². The molecule has 2 aromatic heterocycles. The van der Waals surface area contributed by atoms with Gasteiger partial charge in [-0.1, -0.05) is 18.2 Å². The van der Waals surface area contributed by atoms with E-state index in [2.05, 4.69) is 25.8 Å². The summed E-state index contributed by atoms with van der Waals surface area (Å²) in [6.07, 6.45) is 2.95. The molecule has 0 amide bonds. The number of nitrogens with one attached hydrogen (secondary N) is 2. The van der Waals surface area contributed by atoms with Gasteiger partial charge in [0.05, 0.1) is 24.6 Å². The molecule has 1 saturated heterocycles. The van der Waals surface area contributed by atoms with Crippen molar-refractivity contribution < 1.29 is 9.66 Å². The molecule has 0 saturated carbocycles. The van der Waals surface area contributed by atoms with Crippen molar-refractivity contribution >= 4 is 41.3 Å². The number of fused-ring (bicyclic) bond motifs is 1. The molecule has 1 aromatic carbocycles. The summed E-state index contributed by atoms with van der Waals surface area (Å²) < 4.78 is 7.36. The van der Waals surface area contributed by atoms with Crippen LogP contribution in [0.15, 0.2) is 53.7 Å². The quantitative estimate of drug-likeness (QED) is 0.156. The minimum atomic E-state index is -0.409. The molecule has 4 rings (SSSR count). The second-order valence-corrected chi connectivity index (χ2v) is 7.10. The summed E-state index contributed by atoms with van der Waals surface area (Å²) in [5, 5.41) is 25.9. The maximum absolute atomic E-state index is 10.8. The first-order valence-electron chi connectivity index (χ1n) is 9.81. The van der Waals surface area contributed by atoms with E-state index in [9.17, 15) is 10.1 Å². The Labute approximate surface area is 196 Å². The first-order chi connectivity index (χ1) is 14.7. The van der Waals surface area contributed by atoms with Crippen LogP contribution >= 0.6 is 24.0 Å². The molecule has 1 unspecified atom stereocenters. The Kier molecular flexibility index (Phi) is 8.12. The fourth-order valence-corrected chi connectivity index (χ4v) is 3.23. The monoisotopic (exact) mass is 537 g/mol. The van der Waals surface area contributed by atoms with Crippen LogP contribution in [0.25, 0.3) is 5.65 Å². The van der Waals surface area contributed by atoms with Crippen LogP contribution in [-0.2, 0) is 17.8 Å². The van der Waals surface area contributed by atoms with E-state index in [4.69, 9.17) is 4.74 Å². The number of nitrogens with zero attached hydrogens (tertiary/aromatic N) is 5. The highest BCUT2D eigenvalue weighted by Crippen LogP contribution is 2.13. The molecule has 2 N–H and O–H groups in total. The zero-order chi connectivity index (χ0) is 20.8. The van der Waals surface area contributed by atoms with Crippen molar-refractivity contribution in [1.82, 2.24) is 25.2 Å². The second-order valence-electron chi connectivity index (χ2n) is 7.10. The standard InChI is InChI=1S/C20H23N7O3.HI/c28-27(29)17-6-4-15(5-7-17)11-21-20(22-12-16-8-10-30-14-16)23-13-19-25-24-18-3-1-2-9-26(18)19;/h1-7,9,16H,8,10-14H2,(H2,21,22,23);1H. The van der Waals surface area contributed by atoms with Gasteiger partial charge in [0.15, 0.2) is 17.4 Å². The minimum Gasteiger partial charge on any atom is -0.381 e. The van der Waals surface area contributed by atoms with Gasteiger partial charge in [-0.3, -0.25) is 14.5 Å². The van der Waals surface area contributed by atoms with E-state index < -0.39 is 4.92 Å². The van der Waals surface area contributed by atoms with E-state index in [0.29, 0.717) is 25.0 Å². The number of non-ortho nitro benzene ring substituents is 1. The zero-order valence-electron chi connectivity index (χ0n) is 16.8. The van der Waals surface area contributed by atoms with Gasteiger partial charge in [0.25, 0.3) is 5.69 Å². The van der Waals surface area contributed by atoms with Crippen molar-refractivity contribution in [2.45, 2.75) is 19.5 Å². The smallest absolute Gasteiger partial charge is 0.269 e. The molecule has 164 valence electrons. The average Bonchev–Trinajstić information content (AvgIpc) is 3.43. The number of aromatic nitrogens is 3. The molecule has 0 aliphatic carbocycles. The molecule has 0 bridgehead atoms. The third kappa shape index (κ3) is 6.10. The van der Waals surface area contributed by atoms with Crippen molar-refractivity contribution in [2.24, 2.45) is 10.9 Å². The van der Waals surface area contributed by atoms with Gasteiger partial charge in [0.2, 0.25) is 0 Å².